The van der Waals surface area contributed by atoms with Crippen LogP contribution in [0.25, 0.3) is 0 Å². The van der Waals surface area contributed by atoms with Crippen molar-refractivity contribution in [3.8, 4) is 5.75 Å². The average Bonchev–Trinajstić information content (AvgIpc) is 2.14. The van der Waals surface area contributed by atoms with Crippen LogP contribution in [0.5, 0.6) is 5.75 Å². The molecule has 0 atom stereocenters. The zero-order chi connectivity index (χ0) is 12.4. The molecular weight excluding hydrogens is 228 g/mol. The molecule has 0 bridgehead atoms. The van der Waals surface area contributed by atoms with Crippen molar-refractivity contribution in [3.05, 3.63) is 24.3 Å². The maximum Gasteiger partial charge on any atom is 0.184 e. The fraction of sp³-hybridized carbons (Fsp3) is 0.455. The number of hydrogen-bond donors (Lipinski definition) is 1. The molecule has 4 nitrogen and oxygen atoms in total. The number of ether oxygens (including phenoxy) is 1. The van der Waals surface area contributed by atoms with E-state index in [-0.39, 0.29) is 10.6 Å². The molecule has 5 heteroatoms. The van der Waals surface area contributed by atoms with Gasteiger partial charge in [-0.15, -0.1) is 0 Å². The highest BCUT2D eigenvalue weighted by molar-refractivity contribution is 7.91. The topological polar surface area (TPSA) is 63.6 Å². The Bertz CT molecular complexity index is 457. The molecule has 0 radical (unpaired) electrons. The van der Waals surface area contributed by atoms with Crippen LogP contribution in [0.3, 0.4) is 0 Å². The maximum absolute atomic E-state index is 12.0. The lowest BCUT2D eigenvalue weighted by Crippen LogP contribution is -2.30. The first kappa shape index (κ1) is 13.0. The zero-order valence-corrected chi connectivity index (χ0v) is 10.4. The Hall–Kier alpha value is -1.07. The molecule has 1 aromatic carbocycles. The van der Waals surface area contributed by atoms with Crippen molar-refractivity contribution in [3.63, 3.8) is 0 Å². The highest BCUT2D eigenvalue weighted by atomic mass is 32.2. The van der Waals surface area contributed by atoms with Crippen molar-refractivity contribution in [1.29, 1.82) is 0 Å². The molecule has 1 N–H and O–H groups in total. The van der Waals surface area contributed by atoms with E-state index in [1.165, 1.54) is 27.0 Å². The van der Waals surface area contributed by atoms with Crippen LogP contribution in [0.2, 0.25) is 0 Å². The van der Waals surface area contributed by atoms with Gasteiger partial charge >= 0.3 is 0 Å². The van der Waals surface area contributed by atoms with Gasteiger partial charge in [0.15, 0.2) is 9.84 Å². The van der Waals surface area contributed by atoms with Gasteiger partial charge in [-0.2, -0.15) is 0 Å². The highest BCUT2D eigenvalue weighted by Gasteiger charge is 2.27. The summed E-state index contributed by atoms with van der Waals surface area (Å²) in [6.07, 6.45) is 0. The van der Waals surface area contributed by atoms with Crippen molar-refractivity contribution in [2.45, 2.75) is 24.3 Å². The minimum absolute atomic E-state index is 0.111. The van der Waals surface area contributed by atoms with Gasteiger partial charge in [-0.05, 0) is 26.0 Å². The van der Waals surface area contributed by atoms with Crippen LogP contribution in [0.4, 0.5) is 0 Å². The van der Waals surface area contributed by atoms with Crippen molar-refractivity contribution >= 4 is 9.84 Å². The van der Waals surface area contributed by atoms with Gasteiger partial charge < -0.3 is 9.84 Å². The van der Waals surface area contributed by atoms with Gasteiger partial charge in [0.2, 0.25) is 0 Å². The number of aliphatic hydroxyl groups is 1. The minimum atomic E-state index is -3.54. The Morgan fingerprint density at radius 2 is 1.88 bits per heavy atom. The first-order chi connectivity index (χ1) is 7.26. The van der Waals surface area contributed by atoms with Gasteiger partial charge in [0.05, 0.1) is 18.5 Å². The Labute approximate surface area is 95.8 Å². The predicted octanol–water partition coefficient (Wildman–Crippen LogP) is 1.24. The summed E-state index contributed by atoms with van der Waals surface area (Å²) >= 11 is 0. The smallest absolute Gasteiger partial charge is 0.184 e. The molecule has 0 aromatic heterocycles. The Morgan fingerprint density at radius 3 is 2.38 bits per heavy atom. The molecule has 16 heavy (non-hydrogen) atoms. The molecule has 0 heterocycles. The van der Waals surface area contributed by atoms with Crippen LogP contribution < -0.4 is 4.74 Å². The van der Waals surface area contributed by atoms with Crippen LogP contribution in [-0.4, -0.2) is 32.0 Å². The first-order valence-electron chi connectivity index (χ1n) is 4.84. The van der Waals surface area contributed by atoms with Gasteiger partial charge in [0.1, 0.15) is 10.6 Å². The van der Waals surface area contributed by atoms with E-state index in [9.17, 15) is 13.5 Å². The molecule has 0 aliphatic carbocycles. The zero-order valence-electron chi connectivity index (χ0n) is 9.60. The summed E-state index contributed by atoms with van der Waals surface area (Å²) in [5.74, 6) is -0.0350. The third-order valence-corrected chi connectivity index (χ3v) is 4.04. The van der Waals surface area contributed by atoms with Crippen LogP contribution in [0, 0.1) is 0 Å². The van der Waals surface area contributed by atoms with Gasteiger partial charge in [0, 0.05) is 0 Å². The summed E-state index contributed by atoms with van der Waals surface area (Å²) in [5.41, 5.74) is -1.26. The third-order valence-electron chi connectivity index (χ3n) is 1.95. The van der Waals surface area contributed by atoms with E-state index in [1.54, 1.807) is 18.2 Å². The molecule has 0 unspecified atom stereocenters. The van der Waals surface area contributed by atoms with Crippen LogP contribution >= 0.6 is 0 Å². The van der Waals surface area contributed by atoms with E-state index in [1.807, 2.05) is 0 Å². The number of para-hydroxylation sites is 1. The largest absolute Gasteiger partial charge is 0.495 e. The predicted molar refractivity (Wildman–Crippen MR) is 61.3 cm³/mol. The lowest BCUT2D eigenvalue weighted by molar-refractivity contribution is 0.105. The number of hydrogen-bond acceptors (Lipinski definition) is 4. The van der Waals surface area contributed by atoms with Crippen molar-refractivity contribution in [2.75, 3.05) is 12.9 Å². The van der Waals surface area contributed by atoms with Crippen LogP contribution in [-0.2, 0) is 9.84 Å². The molecule has 0 spiro atoms. The highest BCUT2D eigenvalue weighted by Crippen LogP contribution is 2.25. The molecule has 1 rings (SSSR count). The van der Waals surface area contributed by atoms with Crippen LogP contribution in [0.15, 0.2) is 29.2 Å². The van der Waals surface area contributed by atoms with Crippen molar-refractivity contribution in [2.24, 2.45) is 0 Å². The molecule has 0 saturated heterocycles. The second-order valence-corrected chi connectivity index (χ2v) is 6.18. The Morgan fingerprint density at radius 1 is 1.31 bits per heavy atom. The lowest BCUT2D eigenvalue weighted by Gasteiger charge is -2.18. The summed E-state index contributed by atoms with van der Waals surface area (Å²) in [7, 11) is -2.12. The fourth-order valence-corrected chi connectivity index (χ4v) is 3.25. The second kappa shape index (κ2) is 4.43. The first-order valence-corrected chi connectivity index (χ1v) is 6.50. The van der Waals surface area contributed by atoms with Crippen molar-refractivity contribution in [1.82, 2.24) is 0 Å². The molecular formula is C11H16O4S. The number of benzene rings is 1. The fourth-order valence-electron chi connectivity index (χ4n) is 1.42. The Balaban J connectivity index is 3.17. The summed E-state index contributed by atoms with van der Waals surface area (Å²) in [5, 5.41) is 9.56. The molecule has 0 fully saturated rings. The summed E-state index contributed by atoms with van der Waals surface area (Å²) in [4.78, 5) is 0.111. The van der Waals surface area contributed by atoms with Crippen LogP contribution in [0.1, 0.15) is 13.8 Å². The van der Waals surface area contributed by atoms with E-state index in [2.05, 4.69) is 0 Å². The molecule has 0 aliphatic rings. The lowest BCUT2D eigenvalue weighted by atomic mass is 10.2. The molecule has 90 valence electrons. The molecule has 1 aromatic rings. The van der Waals surface area contributed by atoms with Gasteiger partial charge in [-0.3, -0.25) is 0 Å². The minimum Gasteiger partial charge on any atom is -0.495 e. The quantitative estimate of drug-likeness (QED) is 0.865. The molecule has 0 amide bonds. The van der Waals surface area contributed by atoms with E-state index in [4.69, 9.17) is 4.74 Å². The normalized spacial score (nSPS) is 12.5. The van der Waals surface area contributed by atoms with Gasteiger partial charge in [0.25, 0.3) is 0 Å². The summed E-state index contributed by atoms with van der Waals surface area (Å²) < 4.78 is 29.0. The summed E-state index contributed by atoms with van der Waals surface area (Å²) in [6.45, 7) is 2.92. The van der Waals surface area contributed by atoms with E-state index >= 15 is 0 Å². The Kier molecular flexibility index (Phi) is 3.60. The number of methoxy groups -OCH3 is 1. The van der Waals surface area contributed by atoms with Crippen molar-refractivity contribution < 1.29 is 18.3 Å². The van der Waals surface area contributed by atoms with Gasteiger partial charge in [-0.25, -0.2) is 8.42 Å². The second-order valence-electron chi connectivity index (χ2n) is 4.22. The molecule has 0 aliphatic heterocycles. The van der Waals surface area contributed by atoms with E-state index < -0.39 is 15.4 Å². The number of rotatable bonds is 4. The van der Waals surface area contributed by atoms with Gasteiger partial charge in [-0.1, -0.05) is 12.1 Å². The average molecular weight is 244 g/mol. The maximum atomic E-state index is 12.0. The third kappa shape index (κ3) is 3.21. The summed E-state index contributed by atoms with van der Waals surface area (Å²) in [6, 6.07) is 6.37. The monoisotopic (exact) mass is 244 g/mol. The van der Waals surface area contributed by atoms with E-state index in [0.717, 1.165) is 0 Å². The SMILES string of the molecule is COc1ccccc1S(=O)(=O)CC(C)(C)O. The molecule has 0 saturated carbocycles. The number of sulfone groups is 1. The van der Waals surface area contributed by atoms with E-state index in [0.29, 0.717) is 5.75 Å². The standard InChI is InChI=1S/C11H16O4S/c1-11(2,12)8-16(13,14)10-7-5-4-6-9(10)15-3/h4-7,12H,8H2,1-3H3.